The van der Waals surface area contributed by atoms with Gasteiger partial charge < -0.3 is 20.4 Å². The minimum Gasteiger partial charge on any atom is -0.345 e. The highest BCUT2D eigenvalue weighted by atomic mass is 19.4. The van der Waals surface area contributed by atoms with Crippen molar-refractivity contribution in [1.29, 1.82) is 0 Å². The van der Waals surface area contributed by atoms with E-state index in [1.807, 2.05) is 19.2 Å². The van der Waals surface area contributed by atoms with Crippen molar-refractivity contribution in [2.24, 2.45) is 0 Å². The molecule has 0 bridgehead atoms. The second-order valence-corrected chi connectivity index (χ2v) is 6.67. The number of benzene rings is 1. The van der Waals surface area contributed by atoms with Gasteiger partial charge in [-0.1, -0.05) is 0 Å². The standard InChI is InChI=1S/C19H25F3N4O3/c1-3-25(4-2)17(28)13-7-9-14(10-8-13)24-18(29)26-11-5-6-15(26)16(27)23-12-19(20,21)22/h7-10,15H,3-6,11-12H2,1-2H3,(H,23,27)(H,24,29). The molecule has 4 amide bonds. The van der Waals surface area contributed by atoms with Gasteiger partial charge in [0.05, 0.1) is 0 Å². The van der Waals surface area contributed by atoms with Crippen LogP contribution in [0.25, 0.3) is 0 Å². The summed E-state index contributed by atoms with van der Waals surface area (Å²) in [4.78, 5) is 39.7. The molecule has 10 heteroatoms. The van der Waals surface area contributed by atoms with Gasteiger partial charge >= 0.3 is 12.2 Å². The molecule has 1 unspecified atom stereocenters. The number of alkyl halides is 3. The van der Waals surface area contributed by atoms with Crippen molar-refractivity contribution >= 4 is 23.5 Å². The van der Waals surface area contributed by atoms with Crippen LogP contribution in [0.3, 0.4) is 0 Å². The molecule has 160 valence electrons. The quantitative estimate of drug-likeness (QED) is 0.751. The average molecular weight is 414 g/mol. The normalized spacial score (nSPS) is 16.4. The average Bonchev–Trinajstić information content (AvgIpc) is 3.17. The van der Waals surface area contributed by atoms with Gasteiger partial charge in [-0.05, 0) is 51.0 Å². The maximum Gasteiger partial charge on any atom is 0.405 e. The van der Waals surface area contributed by atoms with Gasteiger partial charge in [0.1, 0.15) is 12.6 Å². The first-order valence-electron chi connectivity index (χ1n) is 9.47. The fourth-order valence-corrected chi connectivity index (χ4v) is 3.17. The summed E-state index contributed by atoms with van der Waals surface area (Å²) in [6.45, 7) is 3.77. The number of likely N-dealkylation sites (tertiary alicyclic amines) is 1. The number of carbonyl (C=O) groups excluding carboxylic acids is 3. The first kappa shape index (κ1) is 22.5. The summed E-state index contributed by atoms with van der Waals surface area (Å²) in [5, 5.41) is 4.45. The van der Waals surface area contributed by atoms with Gasteiger partial charge in [-0.2, -0.15) is 13.2 Å². The zero-order chi connectivity index (χ0) is 21.6. The van der Waals surface area contributed by atoms with Gasteiger partial charge in [0.2, 0.25) is 5.91 Å². The van der Waals surface area contributed by atoms with Crippen molar-refractivity contribution in [2.75, 3.05) is 31.5 Å². The summed E-state index contributed by atoms with van der Waals surface area (Å²) in [6, 6.07) is 4.81. The Morgan fingerprint density at radius 3 is 2.31 bits per heavy atom. The van der Waals surface area contributed by atoms with Crippen molar-refractivity contribution in [3.8, 4) is 0 Å². The maximum absolute atomic E-state index is 12.5. The van der Waals surface area contributed by atoms with E-state index >= 15 is 0 Å². The van der Waals surface area contributed by atoms with Crippen molar-refractivity contribution in [2.45, 2.75) is 38.9 Å². The second kappa shape index (κ2) is 9.62. The van der Waals surface area contributed by atoms with Gasteiger partial charge in [0.15, 0.2) is 0 Å². The molecular weight excluding hydrogens is 389 g/mol. The summed E-state index contributed by atoms with van der Waals surface area (Å²) in [7, 11) is 0. The molecule has 1 aromatic carbocycles. The molecule has 0 aromatic heterocycles. The summed E-state index contributed by atoms with van der Waals surface area (Å²) >= 11 is 0. The van der Waals surface area contributed by atoms with Gasteiger partial charge in [0.25, 0.3) is 5.91 Å². The Labute approximate surface area is 167 Å². The third-order valence-corrected chi connectivity index (χ3v) is 4.71. The number of amides is 4. The van der Waals surface area contributed by atoms with Crippen LogP contribution in [0, 0.1) is 0 Å². The lowest BCUT2D eigenvalue weighted by Gasteiger charge is -2.24. The van der Waals surface area contributed by atoms with Crippen LogP contribution in [0.1, 0.15) is 37.0 Å². The van der Waals surface area contributed by atoms with E-state index in [1.165, 1.54) is 4.90 Å². The third-order valence-electron chi connectivity index (χ3n) is 4.71. The highest BCUT2D eigenvalue weighted by molar-refractivity contribution is 5.96. The lowest BCUT2D eigenvalue weighted by atomic mass is 10.1. The number of halogens is 3. The van der Waals surface area contributed by atoms with Crippen LogP contribution < -0.4 is 10.6 Å². The number of carbonyl (C=O) groups is 3. The van der Waals surface area contributed by atoms with E-state index in [2.05, 4.69) is 5.32 Å². The van der Waals surface area contributed by atoms with Gasteiger partial charge in [-0.15, -0.1) is 0 Å². The van der Waals surface area contributed by atoms with E-state index in [9.17, 15) is 27.6 Å². The SMILES string of the molecule is CCN(CC)C(=O)c1ccc(NC(=O)N2CCCC2C(=O)NCC(F)(F)F)cc1. The largest absolute Gasteiger partial charge is 0.405 e. The molecule has 0 radical (unpaired) electrons. The molecule has 1 atom stereocenters. The number of nitrogens with one attached hydrogen (secondary N) is 2. The minimum atomic E-state index is -4.51. The Balaban J connectivity index is 1.98. The van der Waals surface area contributed by atoms with Crippen LogP contribution in [0.4, 0.5) is 23.7 Å². The van der Waals surface area contributed by atoms with Gasteiger partial charge in [-0.25, -0.2) is 4.79 Å². The van der Waals surface area contributed by atoms with E-state index in [-0.39, 0.29) is 12.5 Å². The van der Waals surface area contributed by atoms with Crippen LogP contribution in [0.2, 0.25) is 0 Å². The van der Waals surface area contributed by atoms with Gasteiger partial charge in [-0.3, -0.25) is 9.59 Å². The smallest absolute Gasteiger partial charge is 0.345 e. The van der Waals surface area contributed by atoms with Crippen LogP contribution in [-0.2, 0) is 4.79 Å². The minimum absolute atomic E-state index is 0.117. The maximum atomic E-state index is 12.5. The monoisotopic (exact) mass is 414 g/mol. The molecule has 2 rings (SSSR count). The molecule has 1 fully saturated rings. The molecular formula is C19H25F3N4O3. The predicted octanol–water partition coefficient (Wildman–Crippen LogP) is 2.84. The lowest BCUT2D eigenvalue weighted by molar-refractivity contribution is -0.140. The Morgan fingerprint density at radius 1 is 1.14 bits per heavy atom. The molecule has 0 aliphatic carbocycles. The summed E-state index contributed by atoms with van der Waals surface area (Å²) in [5.41, 5.74) is 0.907. The number of hydrogen-bond acceptors (Lipinski definition) is 3. The van der Waals surface area contributed by atoms with E-state index in [4.69, 9.17) is 0 Å². The Bertz CT molecular complexity index is 733. The van der Waals surface area contributed by atoms with Crippen LogP contribution >= 0.6 is 0 Å². The highest BCUT2D eigenvalue weighted by Gasteiger charge is 2.36. The van der Waals surface area contributed by atoms with E-state index in [0.29, 0.717) is 37.2 Å². The molecule has 1 aliphatic heterocycles. The zero-order valence-electron chi connectivity index (χ0n) is 16.4. The molecule has 0 saturated carbocycles. The Hall–Kier alpha value is -2.78. The molecule has 1 heterocycles. The number of nitrogens with zero attached hydrogens (tertiary/aromatic N) is 2. The van der Waals surface area contributed by atoms with Crippen molar-refractivity contribution < 1.29 is 27.6 Å². The molecule has 29 heavy (non-hydrogen) atoms. The predicted molar refractivity (Wildman–Crippen MR) is 102 cm³/mol. The fraction of sp³-hybridized carbons (Fsp3) is 0.526. The number of rotatable bonds is 6. The molecule has 1 aliphatic rings. The van der Waals surface area contributed by atoms with Crippen molar-refractivity contribution in [3.63, 3.8) is 0 Å². The van der Waals surface area contributed by atoms with E-state index in [0.717, 1.165) is 0 Å². The van der Waals surface area contributed by atoms with Crippen LogP contribution in [0.15, 0.2) is 24.3 Å². The van der Waals surface area contributed by atoms with E-state index in [1.54, 1.807) is 29.2 Å². The van der Waals surface area contributed by atoms with Gasteiger partial charge in [0, 0.05) is 30.9 Å². The second-order valence-electron chi connectivity index (χ2n) is 6.67. The van der Waals surface area contributed by atoms with Crippen molar-refractivity contribution in [3.05, 3.63) is 29.8 Å². The van der Waals surface area contributed by atoms with Crippen molar-refractivity contribution in [1.82, 2.24) is 15.1 Å². The molecule has 1 saturated heterocycles. The zero-order valence-corrected chi connectivity index (χ0v) is 16.4. The van der Waals surface area contributed by atoms with Crippen LogP contribution in [0.5, 0.6) is 0 Å². The fourth-order valence-electron chi connectivity index (χ4n) is 3.17. The first-order chi connectivity index (χ1) is 13.7. The summed E-state index contributed by atoms with van der Waals surface area (Å²) in [5.74, 6) is -0.941. The first-order valence-corrected chi connectivity index (χ1v) is 9.47. The number of hydrogen-bond donors (Lipinski definition) is 2. The molecule has 1 aromatic rings. The lowest BCUT2D eigenvalue weighted by Crippen LogP contribution is -2.49. The molecule has 0 spiro atoms. The summed E-state index contributed by atoms with van der Waals surface area (Å²) < 4.78 is 36.9. The molecule has 2 N–H and O–H groups in total. The van der Waals surface area contributed by atoms with Crippen LogP contribution in [-0.4, -0.2) is 66.0 Å². The third kappa shape index (κ3) is 6.10. The number of anilines is 1. The Kier molecular flexibility index (Phi) is 7.46. The van der Waals surface area contributed by atoms with E-state index < -0.39 is 30.7 Å². The topological polar surface area (TPSA) is 81.8 Å². The number of urea groups is 1. The summed E-state index contributed by atoms with van der Waals surface area (Å²) in [6.07, 6.45) is -3.69. The molecule has 7 nitrogen and oxygen atoms in total. The Morgan fingerprint density at radius 2 is 1.76 bits per heavy atom. The highest BCUT2D eigenvalue weighted by Crippen LogP contribution is 2.20.